The quantitative estimate of drug-likeness (QED) is 0.851. The zero-order valence-corrected chi connectivity index (χ0v) is 12.4. The Balaban J connectivity index is 1.98. The normalized spacial score (nSPS) is 32.2. The molecule has 1 atom stereocenters. The first kappa shape index (κ1) is 14.2. The molecule has 1 aromatic carbocycles. The molecule has 1 aliphatic heterocycles. The first-order valence-corrected chi connectivity index (χ1v) is 7.51. The van der Waals surface area contributed by atoms with E-state index in [1.807, 2.05) is 0 Å². The highest BCUT2D eigenvalue weighted by atomic mass is 19.1. The first-order chi connectivity index (χ1) is 9.93. The van der Waals surface area contributed by atoms with E-state index in [9.17, 15) is 14.0 Å². The molecule has 0 radical (unpaired) electrons. The molecule has 1 aromatic rings. The van der Waals surface area contributed by atoms with Gasteiger partial charge in [0.1, 0.15) is 5.82 Å². The van der Waals surface area contributed by atoms with Gasteiger partial charge in [-0.1, -0.05) is 32.0 Å². The van der Waals surface area contributed by atoms with Gasteiger partial charge in [0, 0.05) is 12.0 Å². The van der Waals surface area contributed by atoms with Crippen molar-refractivity contribution >= 4 is 11.8 Å². The summed E-state index contributed by atoms with van der Waals surface area (Å²) in [6, 6.07) is 6.41. The zero-order valence-electron chi connectivity index (χ0n) is 12.4. The van der Waals surface area contributed by atoms with Crippen LogP contribution in [0.15, 0.2) is 24.3 Å². The van der Waals surface area contributed by atoms with E-state index in [4.69, 9.17) is 0 Å². The Bertz CT molecular complexity index is 590. The Kier molecular flexibility index (Phi) is 3.34. The monoisotopic (exact) mass is 289 g/mol. The summed E-state index contributed by atoms with van der Waals surface area (Å²) in [4.78, 5) is 24.1. The van der Waals surface area contributed by atoms with E-state index in [-0.39, 0.29) is 17.6 Å². The van der Waals surface area contributed by atoms with E-state index in [0.29, 0.717) is 23.8 Å². The topological polar surface area (TPSA) is 46.2 Å². The molecule has 4 heteroatoms. The number of nitrogens with one attached hydrogen (secondary N) is 1. The molecule has 112 valence electrons. The number of imide groups is 1. The Morgan fingerprint density at radius 2 is 1.90 bits per heavy atom. The zero-order chi connectivity index (χ0) is 15.2. The highest BCUT2D eigenvalue weighted by Gasteiger charge is 2.57. The van der Waals surface area contributed by atoms with Gasteiger partial charge in [0.15, 0.2) is 0 Å². The minimum atomic E-state index is -0.550. The number of hydrogen-bond acceptors (Lipinski definition) is 2. The molecule has 1 saturated heterocycles. The predicted molar refractivity (Wildman–Crippen MR) is 76.9 cm³/mol. The number of halogens is 1. The lowest BCUT2D eigenvalue weighted by molar-refractivity contribution is -0.147. The summed E-state index contributed by atoms with van der Waals surface area (Å²) in [7, 11) is 0. The summed E-state index contributed by atoms with van der Waals surface area (Å²) < 4.78 is 14.1. The highest BCUT2D eigenvalue weighted by molar-refractivity contribution is 6.02. The number of amides is 2. The maximum Gasteiger partial charge on any atom is 0.234 e. The molecule has 2 aliphatic rings. The van der Waals surface area contributed by atoms with E-state index in [1.165, 1.54) is 6.07 Å². The number of benzene rings is 1. The summed E-state index contributed by atoms with van der Waals surface area (Å²) >= 11 is 0. The van der Waals surface area contributed by atoms with Gasteiger partial charge in [0.25, 0.3) is 0 Å². The molecule has 1 N–H and O–H groups in total. The van der Waals surface area contributed by atoms with Crippen LogP contribution in [0.25, 0.3) is 0 Å². The molecule has 1 unspecified atom stereocenters. The first-order valence-electron chi connectivity index (χ1n) is 7.51. The summed E-state index contributed by atoms with van der Waals surface area (Å²) in [6.07, 6.45) is 1.96. The lowest BCUT2D eigenvalue weighted by Gasteiger charge is -2.54. The van der Waals surface area contributed by atoms with Gasteiger partial charge in [-0.05, 0) is 36.2 Å². The maximum atomic E-state index is 14.1. The average molecular weight is 289 g/mol. The number of hydrogen-bond donors (Lipinski definition) is 1. The van der Waals surface area contributed by atoms with Gasteiger partial charge in [-0.25, -0.2) is 4.39 Å². The van der Waals surface area contributed by atoms with E-state index in [2.05, 4.69) is 19.2 Å². The van der Waals surface area contributed by atoms with Gasteiger partial charge < -0.3 is 0 Å². The van der Waals surface area contributed by atoms with Gasteiger partial charge >= 0.3 is 0 Å². The Morgan fingerprint density at radius 3 is 2.52 bits per heavy atom. The Hall–Kier alpha value is -1.71. The lowest BCUT2D eigenvalue weighted by Crippen LogP contribution is -2.56. The molecule has 2 fully saturated rings. The molecule has 3 nitrogen and oxygen atoms in total. The van der Waals surface area contributed by atoms with Gasteiger partial charge in [-0.15, -0.1) is 0 Å². The van der Waals surface area contributed by atoms with Crippen LogP contribution in [0.1, 0.15) is 44.6 Å². The molecule has 1 aliphatic carbocycles. The summed E-state index contributed by atoms with van der Waals surface area (Å²) in [5.74, 6) is -0.450. The lowest BCUT2D eigenvalue weighted by atomic mass is 9.50. The number of piperidine rings is 1. The number of carbonyl (C=O) groups is 2. The second-order valence-corrected chi connectivity index (χ2v) is 6.82. The van der Waals surface area contributed by atoms with Crippen molar-refractivity contribution in [3.8, 4) is 0 Å². The van der Waals surface area contributed by atoms with Crippen LogP contribution in [-0.2, 0) is 9.59 Å². The van der Waals surface area contributed by atoms with E-state index < -0.39 is 11.3 Å². The van der Waals surface area contributed by atoms with Crippen molar-refractivity contribution in [2.24, 2.45) is 17.3 Å². The summed E-state index contributed by atoms with van der Waals surface area (Å²) in [5, 5.41) is 2.38. The smallest absolute Gasteiger partial charge is 0.234 e. The van der Waals surface area contributed by atoms with Crippen LogP contribution in [0.3, 0.4) is 0 Å². The largest absolute Gasteiger partial charge is 0.296 e. The van der Waals surface area contributed by atoms with Crippen LogP contribution in [0.2, 0.25) is 0 Å². The van der Waals surface area contributed by atoms with Crippen molar-refractivity contribution in [3.05, 3.63) is 35.6 Å². The van der Waals surface area contributed by atoms with Crippen LogP contribution >= 0.6 is 0 Å². The molecule has 21 heavy (non-hydrogen) atoms. The van der Waals surface area contributed by atoms with Crippen LogP contribution < -0.4 is 5.32 Å². The third-order valence-electron chi connectivity index (χ3n) is 5.15. The molecule has 1 spiro atoms. The van der Waals surface area contributed by atoms with Crippen LogP contribution in [0.4, 0.5) is 4.39 Å². The van der Waals surface area contributed by atoms with Crippen molar-refractivity contribution in [1.82, 2.24) is 5.32 Å². The standard InChI is InChI=1S/C17H20FNO2/c1-10(2)11-7-17(8-11)9-14(20)19-16(21)15(17)12-5-3-4-6-13(12)18/h3-6,10-11,15H,7-9H2,1-2H3,(H,19,20,21). The second-order valence-electron chi connectivity index (χ2n) is 6.82. The fourth-order valence-corrected chi connectivity index (χ4v) is 3.97. The minimum Gasteiger partial charge on any atom is -0.296 e. The third-order valence-corrected chi connectivity index (χ3v) is 5.15. The van der Waals surface area contributed by atoms with E-state index in [0.717, 1.165) is 12.8 Å². The molecule has 1 heterocycles. The molecule has 0 aromatic heterocycles. The number of rotatable bonds is 2. The molecule has 3 rings (SSSR count). The number of carbonyl (C=O) groups excluding carboxylic acids is 2. The van der Waals surface area contributed by atoms with Crippen LogP contribution in [0.5, 0.6) is 0 Å². The average Bonchev–Trinajstić information content (AvgIpc) is 2.36. The summed E-state index contributed by atoms with van der Waals surface area (Å²) in [6.45, 7) is 4.31. The Labute approximate surface area is 123 Å². The molecule has 1 saturated carbocycles. The second kappa shape index (κ2) is 4.93. The van der Waals surface area contributed by atoms with Crippen molar-refractivity contribution in [2.45, 2.75) is 39.0 Å². The predicted octanol–water partition coefficient (Wildman–Crippen LogP) is 3.01. The molecular formula is C17H20FNO2. The Morgan fingerprint density at radius 1 is 1.24 bits per heavy atom. The van der Waals surface area contributed by atoms with Crippen molar-refractivity contribution < 1.29 is 14.0 Å². The molecule has 2 amide bonds. The van der Waals surface area contributed by atoms with E-state index >= 15 is 0 Å². The fraction of sp³-hybridized carbons (Fsp3) is 0.529. The minimum absolute atomic E-state index is 0.227. The summed E-state index contributed by atoms with van der Waals surface area (Å²) in [5.41, 5.74) is 0.0287. The maximum absolute atomic E-state index is 14.1. The van der Waals surface area contributed by atoms with Gasteiger partial charge in [-0.2, -0.15) is 0 Å². The van der Waals surface area contributed by atoms with Crippen molar-refractivity contribution in [3.63, 3.8) is 0 Å². The third kappa shape index (κ3) is 2.27. The van der Waals surface area contributed by atoms with Gasteiger partial charge in [-0.3, -0.25) is 14.9 Å². The molecule has 0 bridgehead atoms. The van der Waals surface area contributed by atoms with E-state index in [1.54, 1.807) is 18.2 Å². The van der Waals surface area contributed by atoms with Gasteiger partial charge in [0.2, 0.25) is 11.8 Å². The van der Waals surface area contributed by atoms with Crippen LogP contribution in [-0.4, -0.2) is 11.8 Å². The highest BCUT2D eigenvalue weighted by Crippen LogP contribution is 2.60. The van der Waals surface area contributed by atoms with Crippen LogP contribution in [0, 0.1) is 23.1 Å². The van der Waals surface area contributed by atoms with Crippen molar-refractivity contribution in [2.75, 3.05) is 0 Å². The fourth-order valence-electron chi connectivity index (χ4n) is 3.97. The molecular weight excluding hydrogens is 269 g/mol. The van der Waals surface area contributed by atoms with Gasteiger partial charge in [0.05, 0.1) is 5.92 Å². The van der Waals surface area contributed by atoms with Crippen molar-refractivity contribution in [1.29, 1.82) is 0 Å². The SMILES string of the molecule is CC(C)C1CC2(CC(=O)NC(=O)C2c2ccccc2F)C1.